The minimum Gasteiger partial charge on any atom is -0.356 e. The van der Waals surface area contributed by atoms with Crippen molar-refractivity contribution in [3.8, 4) is 11.3 Å². The van der Waals surface area contributed by atoms with Crippen LogP contribution in [0.3, 0.4) is 0 Å². The van der Waals surface area contributed by atoms with Gasteiger partial charge in [0.2, 0.25) is 5.91 Å². The fourth-order valence-corrected chi connectivity index (χ4v) is 2.32. The molecule has 0 radical (unpaired) electrons. The molecule has 0 aliphatic heterocycles. The average molecular weight is 371 g/mol. The SMILES string of the molecule is O=C(CNC(=O)c1ccccc1)NCc1cc(-c2ccc(F)cc2F)on1. The van der Waals surface area contributed by atoms with Gasteiger partial charge in [0.15, 0.2) is 5.76 Å². The molecule has 0 saturated carbocycles. The van der Waals surface area contributed by atoms with Gasteiger partial charge in [-0.1, -0.05) is 23.4 Å². The molecular formula is C19H15F2N3O3. The Bertz CT molecular complexity index is 958. The molecule has 27 heavy (non-hydrogen) atoms. The topological polar surface area (TPSA) is 84.2 Å². The zero-order valence-electron chi connectivity index (χ0n) is 14.0. The van der Waals surface area contributed by atoms with E-state index in [1.165, 1.54) is 12.1 Å². The molecule has 3 aromatic rings. The molecule has 0 fully saturated rings. The Balaban J connectivity index is 1.51. The van der Waals surface area contributed by atoms with Gasteiger partial charge >= 0.3 is 0 Å². The third-order valence-electron chi connectivity index (χ3n) is 3.67. The summed E-state index contributed by atoms with van der Waals surface area (Å²) in [6.45, 7) is -0.169. The highest BCUT2D eigenvalue weighted by atomic mass is 19.1. The second-order valence-electron chi connectivity index (χ2n) is 5.63. The first-order valence-electron chi connectivity index (χ1n) is 8.04. The summed E-state index contributed by atoms with van der Waals surface area (Å²) in [6, 6.07) is 13.0. The number of hydrogen-bond acceptors (Lipinski definition) is 4. The molecule has 0 unspecified atom stereocenters. The first-order chi connectivity index (χ1) is 13.0. The highest BCUT2D eigenvalue weighted by molar-refractivity contribution is 5.96. The van der Waals surface area contributed by atoms with Crippen molar-refractivity contribution in [2.45, 2.75) is 6.54 Å². The zero-order chi connectivity index (χ0) is 19.2. The number of benzene rings is 2. The van der Waals surface area contributed by atoms with Crippen LogP contribution < -0.4 is 10.6 Å². The fraction of sp³-hybridized carbons (Fsp3) is 0.105. The molecule has 0 aliphatic rings. The molecule has 0 aliphatic carbocycles. The van der Waals surface area contributed by atoms with Gasteiger partial charge < -0.3 is 15.2 Å². The summed E-state index contributed by atoms with van der Waals surface area (Å²) < 4.78 is 31.7. The van der Waals surface area contributed by atoms with Crippen molar-refractivity contribution in [2.24, 2.45) is 0 Å². The van der Waals surface area contributed by atoms with Gasteiger partial charge in [-0.2, -0.15) is 0 Å². The Morgan fingerprint density at radius 2 is 1.78 bits per heavy atom. The van der Waals surface area contributed by atoms with Gasteiger partial charge in [-0.25, -0.2) is 8.78 Å². The second-order valence-corrected chi connectivity index (χ2v) is 5.63. The van der Waals surface area contributed by atoms with Crippen LogP contribution in [0.2, 0.25) is 0 Å². The van der Waals surface area contributed by atoms with Crippen LogP contribution in [0.25, 0.3) is 11.3 Å². The van der Waals surface area contributed by atoms with Crippen molar-refractivity contribution in [2.75, 3.05) is 6.54 Å². The molecule has 3 rings (SSSR count). The third kappa shape index (κ3) is 4.75. The van der Waals surface area contributed by atoms with E-state index in [1.807, 2.05) is 0 Å². The van der Waals surface area contributed by atoms with E-state index in [0.29, 0.717) is 11.3 Å². The van der Waals surface area contributed by atoms with E-state index in [1.54, 1.807) is 30.3 Å². The number of carbonyl (C=O) groups excluding carboxylic acids is 2. The molecule has 0 atom stereocenters. The molecule has 0 bridgehead atoms. The quantitative estimate of drug-likeness (QED) is 0.698. The Morgan fingerprint density at radius 3 is 2.52 bits per heavy atom. The summed E-state index contributed by atoms with van der Waals surface area (Å²) >= 11 is 0. The number of hydrogen-bond donors (Lipinski definition) is 2. The number of halogens is 2. The van der Waals surface area contributed by atoms with Crippen molar-refractivity contribution in [3.05, 3.63) is 77.5 Å². The Labute approximate surface area is 153 Å². The minimum absolute atomic E-state index is 0.0341. The Kier molecular flexibility index (Phi) is 5.55. The van der Waals surface area contributed by atoms with Crippen molar-refractivity contribution in [1.29, 1.82) is 0 Å². The molecule has 1 heterocycles. The Morgan fingerprint density at radius 1 is 1.00 bits per heavy atom. The molecule has 138 valence electrons. The molecule has 6 nitrogen and oxygen atoms in total. The summed E-state index contributed by atoms with van der Waals surface area (Å²) in [5.74, 6) is -2.13. The smallest absolute Gasteiger partial charge is 0.251 e. The lowest BCUT2D eigenvalue weighted by Crippen LogP contribution is -2.36. The van der Waals surface area contributed by atoms with Gasteiger partial charge in [0.1, 0.15) is 17.3 Å². The minimum atomic E-state index is -0.773. The largest absolute Gasteiger partial charge is 0.356 e. The van der Waals surface area contributed by atoms with Gasteiger partial charge in [0.25, 0.3) is 5.91 Å². The zero-order valence-corrected chi connectivity index (χ0v) is 14.0. The van der Waals surface area contributed by atoms with E-state index >= 15 is 0 Å². The summed E-state index contributed by atoms with van der Waals surface area (Å²) in [5, 5.41) is 8.80. The maximum absolute atomic E-state index is 13.7. The van der Waals surface area contributed by atoms with Gasteiger partial charge in [-0.3, -0.25) is 9.59 Å². The van der Waals surface area contributed by atoms with E-state index in [4.69, 9.17) is 4.52 Å². The predicted molar refractivity (Wildman–Crippen MR) is 92.5 cm³/mol. The van der Waals surface area contributed by atoms with Gasteiger partial charge in [0.05, 0.1) is 18.7 Å². The monoisotopic (exact) mass is 371 g/mol. The van der Waals surface area contributed by atoms with Gasteiger partial charge in [-0.05, 0) is 24.3 Å². The molecule has 0 saturated heterocycles. The molecule has 2 amide bonds. The van der Waals surface area contributed by atoms with Crippen molar-refractivity contribution >= 4 is 11.8 Å². The highest BCUT2D eigenvalue weighted by Gasteiger charge is 2.13. The normalized spacial score (nSPS) is 10.4. The van der Waals surface area contributed by atoms with Gasteiger partial charge in [0, 0.05) is 17.7 Å². The van der Waals surface area contributed by atoms with Crippen LogP contribution in [0, 0.1) is 11.6 Å². The fourth-order valence-electron chi connectivity index (χ4n) is 2.32. The summed E-state index contributed by atoms with van der Waals surface area (Å²) in [5.41, 5.74) is 0.876. The van der Waals surface area contributed by atoms with E-state index in [0.717, 1.165) is 12.1 Å². The van der Waals surface area contributed by atoms with E-state index in [2.05, 4.69) is 15.8 Å². The highest BCUT2D eigenvalue weighted by Crippen LogP contribution is 2.24. The molecule has 1 aromatic heterocycles. The number of nitrogens with one attached hydrogen (secondary N) is 2. The molecule has 8 heteroatoms. The van der Waals surface area contributed by atoms with Crippen LogP contribution in [0.15, 0.2) is 59.1 Å². The second kappa shape index (κ2) is 8.22. The maximum atomic E-state index is 13.7. The average Bonchev–Trinajstić information content (AvgIpc) is 3.14. The van der Waals surface area contributed by atoms with Crippen LogP contribution in [0.4, 0.5) is 8.78 Å². The number of aromatic nitrogens is 1. The lowest BCUT2D eigenvalue weighted by Gasteiger charge is -2.05. The van der Waals surface area contributed by atoms with Crippen LogP contribution in [-0.2, 0) is 11.3 Å². The van der Waals surface area contributed by atoms with Crippen LogP contribution in [0.1, 0.15) is 16.1 Å². The first kappa shape index (κ1) is 18.2. The number of amides is 2. The first-order valence-corrected chi connectivity index (χ1v) is 8.04. The summed E-state index contributed by atoms with van der Waals surface area (Å²) in [6.07, 6.45) is 0. The molecule has 0 spiro atoms. The summed E-state index contributed by atoms with van der Waals surface area (Å²) in [4.78, 5) is 23.7. The number of rotatable bonds is 6. The number of nitrogens with zero attached hydrogens (tertiary/aromatic N) is 1. The van der Waals surface area contributed by atoms with Gasteiger partial charge in [-0.15, -0.1) is 0 Å². The van der Waals surface area contributed by atoms with Crippen molar-refractivity contribution in [3.63, 3.8) is 0 Å². The molecule has 2 aromatic carbocycles. The van der Waals surface area contributed by atoms with E-state index in [9.17, 15) is 18.4 Å². The maximum Gasteiger partial charge on any atom is 0.251 e. The number of carbonyl (C=O) groups is 2. The Hall–Kier alpha value is -3.55. The standard InChI is InChI=1S/C19H15F2N3O3/c20-13-6-7-15(16(21)8-13)17-9-14(24-27-17)10-22-18(25)11-23-19(26)12-4-2-1-3-5-12/h1-9H,10-11H2,(H,22,25)(H,23,26). The van der Waals surface area contributed by atoms with Crippen molar-refractivity contribution in [1.82, 2.24) is 15.8 Å². The lowest BCUT2D eigenvalue weighted by atomic mass is 10.1. The predicted octanol–water partition coefficient (Wildman–Crippen LogP) is 2.67. The van der Waals surface area contributed by atoms with E-state index in [-0.39, 0.29) is 30.3 Å². The van der Waals surface area contributed by atoms with Crippen LogP contribution in [0.5, 0.6) is 0 Å². The molecule has 2 N–H and O–H groups in total. The summed E-state index contributed by atoms with van der Waals surface area (Å²) in [7, 11) is 0. The van der Waals surface area contributed by atoms with E-state index < -0.39 is 17.5 Å². The van der Waals surface area contributed by atoms with Crippen LogP contribution >= 0.6 is 0 Å². The molecular weight excluding hydrogens is 356 g/mol. The van der Waals surface area contributed by atoms with Crippen molar-refractivity contribution < 1.29 is 22.9 Å². The third-order valence-corrected chi connectivity index (χ3v) is 3.67. The lowest BCUT2D eigenvalue weighted by molar-refractivity contribution is -0.120. The van der Waals surface area contributed by atoms with Crippen LogP contribution in [-0.4, -0.2) is 23.5 Å².